The van der Waals surface area contributed by atoms with Crippen LogP contribution in [0.4, 0.5) is 0 Å². The molecule has 2 aliphatic heterocycles. The highest BCUT2D eigenvalue weighted by Gasteiger charge is 2.30. The normalized spacial score (nSPS) is 24.7. The Hall–Kier alpha value is -1.88. The highest BCUT2D eigenvalue weighted by molar-refractivity contribution is 5.82. The van der Waals surface area contributed by atoms with Crippen LogP contribution in [0.3, 0.4) is 0 Å². The third kappa shape index (κ3) is 4.32. The number of carbonyl (C=O) groups is 2. The average molecular weight is 315 g/mol. The van der Waals surface area contributed by atoms with Crippen molar-refractivity contribution in [1.29, 1.82) is 0 Å². The molecule has 2 aliphatic rings. The summed E-state index contributed by atoms with van der Waals surface area (Å²) in [7, 11) is 0. The first-order valence-corrected chi connectivity index (χ1v) is 8.55. The minimum Gasteiger partial charge on any atom is -0.354 e. The molecule has 2 unspecified atom stereocenters. The maximum Gasteiger partial charge on any atom is 0.237 e. The lowest BCUT2D eigenvalue weighted by Gasteiger charge is -2.23. The Morgan fingerprint density at radius 2 is 2.09 bits per heavy atom. The fraction of sp³-hybridized carbons (Fsp3) is 0.556. The third-order valence-electron chi connectivity index (χ3n) is 4.70. The molecule has 3 rings (SSSR count). The Labute approximate surface area is 137 Å². The van der Waals surface area contributed by atoms with Crippen molar-refractivity contribution < 1.29 is 9.59 Å². The van der Waals surface area contributed by atoms with E-state index in [2.05, 4.69) is 10.6 Å². The number of nitrogens with one attached hydrogen (secondary N) is 2. The van der Waals surface area contributed by atoms with E-state index in [-0.39, 0.29) is 23.8 Å². The van der Waals surface area contributed by atoms with Gasteiger partial charge in [-0.15, -0.1) is 0 Å². The van der Waals surface area contributed by atoms with Gasteiger partial charge in [-0.25, -0.2) is 0 Å². The number of hydrogen-bond acceptors (Lipinski definition) is 3. The quantitative estimate of drug-likeness (QED) is 0.861. The molecule has 5 heteroatoms. The largest absolute Gasteiger partial charge is 0.354 e. The third-order valence-corrected chi connectivity index (χ3v) is 4.70. The van der Waals surface area contributed by atoms with E-state index >= 15 is 0 Å². The summed E-state index contributed by atoms with van der Waals surface area (Å²) in [6.45, 7) is 2.90. The second-order valence-corrected chi connectivity index (χ2v) is 6.58. The molecule has 2 fully saturated rings. The summed E-state index contributed by atoms with van der Waals surface area (Å²) in [6, 6.07) is 9.98. The molecule has 0 saturated carbocycles. The second kappa shape index (κ2) is 7.59. The summed E-state index contributed by atoms with van der Waals surface area (Å²) >= 11 is 0. The van der Waals surface area contributed by atoms with Gasteiger partial charge in [0.2, 0.25) is 11.8 Å². The Balaban J connectivity index is 1.45. The highest BCUT2D eigenvalue weighted by atomic mass is 16.2. The number of likely N-dealkylation sites (tertiary alicyclic amines) is 1. The monoisotopic (exact) mass is 315 g/mol. The molecule has 0 radical (unpaired) electrons. The summed E-state index contributed by atoms with van der Waals surface area (Å²) in [5.41, 5.74) is 1.15. The summed E-state index contributed by atoms with van der Waals surface area (Å²) in [6.07, 6.45) is 3.70. The number of hydrogen-bond donors (Lipinski definition) is 2. The molecule has 2 saturated heterocycles. The average Bonchev–Trinajstić information content (AvgIpc) is 2.94. The molecular formula is C18H25N3O2. The summed E-state index contributed by atoms with van der Waals surface area (Å²) < 4.78 is 0. The van der Waals surface area contributed by atoms with Gasteiger partial charge < -0.3 is 15.5 Å². The maximum absolute atomic E-state index is 12.1. The van der Waals surface area contributed by atoms with Gasteiger partial charge in [-0.2, -0.15) is 0 Å². The van der Waals surface area contributed by atoms with E-state index in [1.807, 2.05) is 35.2 Å². The molecule has 1 aromatic rings. The topological polar surface area (TPSA) is 61.4 Å². The van der Waals surface area contributed by atoms with Crippen LogP contribution in [0.25, 0.3) is 0 Å². The van der Waals surface area contributed by atoms with Crippen LogP contribution in [-0.2, 0) is 16.1 Å². The van der Waals surface area contributed by atoms with Gasteiger partial charge in [-0.3, -0.25) is 9.59 Å². The van der Waals surface area contributed by atoms with Crippen LogP contribution in [0.15, 0.2) is 30.3 Å². The number of benzene rings is 1. The number of piperidine rings is 1. The van der Waals surface area contributed by atoms with Crippen molar-refractivity contribution >= 4 is 11.8 Å². The summed E-state index contributed by atoms with van der Waals surface area (Å²) in [5.74, 6) is 0.487. The van der Waals surface area contributed by atoms with E-state index in [0.717, 1.165) is 37.9 Å². The molecule has 124 valence electrons. The maximum atomic E-state index is 12.1. The number of nitrogens with zero attached hydrogens (tertiary/aromatic N) is 1. The zero-order valence-electron chi connectivity index (χ0n) is 13.5. The minimum absolute atomic E-state index is 0.0544. The van der Waals surface area contributed by atoms with Crippen LogP contribution >= 0.6 is 0 Å². The van der Waals surface area contributed by atoms with Crippen molar-refractivity contribution in [3.63, 3.8) is 0 Å². The van der Waals surface area contributed by atoms with E-state index < -0.39 is 0 Å². The lowest BCUT2D eigenvalue weighted by atomic mass is 10.0. The summed E-state index contributed by atoms with van der Waals surface area (Å²) in [4.78, 5) is 26.2. The lowest BCUT2D eigenvalue weighted by Crippen LogP contribution is -2.47. The van der Waals surface area contributed by atoms with Crippen LogP contribution in [-0.4, -0.2) is 42.4 Å². The summed E-state index contributed by atoms with van der Waals surface area (Å²) in [5, 5.41) is 6.27. The smallest absolute Gasteiger partial charge is 0.237 e. The Kier molecular flexibility index (Phi) is 5.28. The molecule has 0 aromatic heterocycles. The molecule has 1 aromatic carbocycles. The minimum atomic E-state index is -0.0544. The standard InChI is InChI=1S/C18H25N3O2/c22-17-10-15(11-20-18(23)16-8-4-5-9-19-16)13-21(17)12-14-6-2-1-3-7-14/h1-3,6-7,15-16,19H,4-5,8-13H2,(H,20,23). The number of rotatable bonds is 5. The lowest BCUT2D eigenvalue weighted by molar-refractivity contribution is -0.128. The van der Waals surface area contributed by atoms with Crippen molar-refractivity contribution in [2.24, 2.45) is 5.92 Å². The first-order valence-electron chi connectivity index (χ1n) is 8.55. The molecule has 2 atom stereocenters. The van der Waals surface area contributed by atoms with Gasteiger partial charge in [-0.05, 0) is 24.9 Å². The van der Waals surface area contributed by atoms with Crippen molar-refractivity contribution in [2.45, 2.75) is 38.3 Å². The number of amides is 2. The molecule has 5 nitrogen and oxygen atoms in total. The van der Waals surface area contributed by atoms with Crippen molar-refractivity contribution in [3.05, 3.63) is 35.9 Å². The van der Waals surface area contributed by atoms with Crippen LogP contribution in [0.5, 0.6) is 0 Å². The van der Waals surface area contributed by atoms with Crippen molar-refractivity contribution in [1.82, 2.24) is 15.5 Å². The predicted molar refractivity (Wildman–Crippen MR) is 88.6 cm³/mol. The van der Waals surface area contributed by atoms with E-state index in [9.17, 15) is 9.59 Å². The zero-order chi connectivity index (χ0) is 16.1. The van der Waals surface area contributed by atoms with Crippen LogP contribution in [0, 0.1) is 5.92 Å². The molecule has 2 heterocycles. The zero-order valence-corrected chi connectivity index (χ0v) is 13.5. The molecule has 0 bridgehead atoms. The van der Waals surface area contributed by atoms with Crippen LogP contribution < -0.4 is 10.6 Å². The van der Waals surface area contributed by atoms with E-state index in [1.165, 1.54) is 0 Å². The predicted octanol–water partition coefficient (Wildman–Crippen LogP) is 1.29. The van der Waals surface area contributed by atoms with Gasteiger partial charge in [0, 0.05) is 32.0 Å². The van der Waals surface area contributed by atoms with E-state index in [4.69, 9.17) is 0 Å². The van der Waals surface area contributed by atoms with Gasteiger partial charge in [-0.1, -0.05) is 36.8 Å². The van der Waals surface area contributed by atoms with Crippen molar-refractivity contribution in [2.75, 3.05) is 19.6 Å². The highest BCUT2D eigenvalue weighted by Crippen LogP contribution is 2.19. The molecular weight excluding hydrogens is 290 g/mol. The Morgan fingerprint density at radius 1 is 1.26 bits per heavy atom. The molecule has 23 heavy (non-hydrogen) atoms. The Morgan fingerprint density at radius 3 is 2.83 bits per heavy atom. The van der Waals surface area contributed by atoms with Crippen molar-refractivity contribution in [3.8, 4) is 0 Å². The first-order chi connectivity index (χ1) is 11.2. The van der Waals surface area contributed by atoms with Gasteiger partial charge in [0.05, 0.1) is 6.04 Å². The number of carbonyl (C=O) groups excluding carboxylic acids is 2. The van der Waals surface area contributed by atoms with E-state index in [1.54, 1.807) is 0 Å². The Bertz CT molecular complexity index is 540. The fourth-order valence-corrected chi connectivity index (χ4v) is 3.39. The molecule has 2 amide bonds. The molecule has 0 aliphatic carbocycles. The van der Waals surface area contributed by atoms with Gasteiger partial charge in [0.1, 0.15) is 0 Å². The fourth-order valence-electron chi connectivity index (χ4n) is 3.39. The SMILES string of the molecule is O=C(NCC1CC(=O)N(Cc2ccccc2)C1)C1CCCCN1. The first kappa shape index (κ1) is 16.0. The van der Waals surface area contributed by atoms with Gasteiger partial charge in [0.15, 0.2) is 0 Å². The molecule has 2 N–H and O–H groups in total. The van der Waals surface area contributed by atoms with E-state index in [0.29, 0.717) is 19.5 Å². The van der Waals surface area contributed by atoms with Gasteiger partial charge in [0.25, 0.3) is 0 Å². The second-order valence-electron chi connectivity index (χ2n) is 6.58. The van der Waals surface area contributed by atoms with Crippen LogP contribution in [0.1, 0.15) is 31.2 Å². The van der Waals surface area contributed by atoms with Gasteiger partial charge >= 0.3 is 0 Å². The molecule has 0 spiro atoms. The van der Waals surface area contributed by atoms with Crippen LogP contribution in [0.2, 0.25) is 0 Å².